The number of halogens is 1. The molecule has 4 N–H and O–H groups in total. The van der Waals surface area contributed by atoms with Crippen LogP contribution in [0.25, 0.3) is 0 Å². The van der Waals surface area contributed by atoms with Crippen molar-refractivity contribution in [3.05, 3.63) is 82.4 Å². The first-order valence-corrected chi connectivity index (χ1v) is 13.2. The Morgan fingerprint density at radius 3 is 2.02 bits per heavy atom. The van der Waals surface area contributed by atoms with Crippen molar-refractivity contribution in [3.63, 3.8) is 0 Å². The third-order valence-corrected chi connectivity index (χ3v) is 6.62. The number of nitrogens with one attached hydrogen (secondary N) is 4. The highest BCUT2D eigenvalue weighted by Gasteiger charge is 2.22. The van der Waals surface area contributed by atoms with E-state index in [1.165, 1.54) is 14.2 Å². The molecule has 3 aromatic carbocycles. The zero-order valence-corrected chi connectivity index (χ0v) is 24.3. The number of carbonyl (C=O) groups is 2. The minimum absolute atomic E-state index is 0.00286. The summed E-state index contributed by atoms with van der Waals surface area (Å²) < 4.78 is 21.1. The highest BCUT2D eigenvalue weighted by atomic mass is 35.5. The topological polar surface area (TPSA) is 131 Å². The van der Waals surface area contributed by atoms with Crippen LogP contribution in [0.4, 0.5) is 0 Å². The minimum atomic E-state index is -0.866. The Labute approximate surface area is 244 Å². The molecule has 218 valence electrons. The number of guanidine groups is 1. The molecule has 0 aliphatic rings. The fourth-order valence-corrected chi connectivity index (χ4v) is 4.37. The summed E-state index contributed by atoms with van der Waals surface area (Å²) in [5, 5.41) is 17.1. The van der Waals surface area contributed by atoms with Crippen molar-refractivity contribution in [2.75, 3.05) is 35.0 Å². The standard InChI is InChI=1S/C30H35ClN4O6/c1-38-24-11-9-19(15-26(24)40-3)13-14-33-29(37)23(18-21-7-5-6-8-22(21)31)34-30(32)35-28(36)17-20-10-12-25(39-2)27(16-20)41-4/h5-12,15-16,23H,13-14,17-18H2,1-4H3,(H,33,37)(H3,32,34,35,36)/t23-/m1/s1. The van der Waals surface area contributed by atoms with Crippen LogP contribution in [-0.2, 0) is 28.9 Å². The van der Waals surface area contributed by atoms with Crippen LogP contribution in [0.3, 0.4) is 0 Å². The van der Waals surface area contributed by atoms with Gasteiger partial charge in [-0.05, 0) is 53.4 Å². The maximum atomic E-state index is 13.2. The largest absolute Gasteiger partial charge is 0.493 e. The lowest BCUT2D eigenvalue weighted by Gasteiger charge is -2.21. The van der Waals surface area contributed by atoms with Crippen molar-refractivity contribution < 1.29 is 28.5 Å². The third kappa shape index (κ3) is 9.04. The predicted octanol–water partition coefficient (Wildman–Crippen LogP) is 3.53. The van der Waals surface area contributed by atoms with Gasteiger partial charge < -0.3 is 29.6 Å². The van der Waals surface area contributed by atoms with Crippen LogP contribution in [0, 0.1) is 5.41 Å². The predicted molar refractivity (Wildman–Crippen MR) is 157 cm³/mol. The summed E-state index contributed by atoms with van der Waals surface area (Å²) in [5.41, 5.74) is 2.35. The number of methoxy groups -OCH3 is 4. The first-order valence-electron chi connectivity index (χ1n) is 12.9. The van der Waals surface area contributed by atoms with Crippen LogP contribution in [-0.4, -0.2) is 58.8 Å². The molecule has 0 fully saturated rings. The molecule has 0 saturated carbocycles. The van der Waals surface area contributed by atoms with E-state index in [0.717, 1.165) is 11.1 Å². The Kier molecular flexibility index (Phi) is 11.7. The number of carbonyl (C=O) groups excluding carboxylic acids is 2. The van der Waals surface area contributed by atoms with Gasteiger partial charge in [0, 0.05) is 18.0 Å². The molecule has 0 spiro atoms. The van der Waals surface area contributed by atoms with E-state index in [0.29, 0.717) is 46.5 Å². The number of ether oxygens (including phenoxy) is 4. The van der Waals surface area contributed by atoms with Crippen molar-refractivity contribution in [1.29, 1.82) is 5.41 Å². The molecule has 1 atom stereocenters. The molecule has 41 heavy (non-hydrogen) atoms. The van der Waals surface area contributed by atoms with E-state index in [1.807, 2.05) is 30.3 Å². The second-order valence-corrected chi connectivity index (χ2v) is 9.42. The Morgan fingerprint density at radius 1 is 0.829 bits per heavy atom. The monoisotopic (exact) mass is 582 g/mol. The highest BCUT2D eigenvalue weighted by Crippen LogP contribution is 2.28. The van der Waals surface area contributed by atoms with Crippen LogP contribution >= 0.6 is 11.6 Å². The molecule has 0 aliphatic heterocycles. The lowest BCUT2D eigenvalue weighted by atomic mass is 10.0. The van der Waals surface area contributed by atoms with Crippen molar-refractivity contribution in [1.82, 2.24) is 16.0 Å². The minimum Gasteiger partial charge on any atom is -0.493 e. The molecular weight excluding hydrogens is 548 g/mol. The Balaban J connectivity index is 1.64. The van der Waals surface area contributed by atoms with Crippen molar-refractivity contribution in [2.24, 2.45) is 0 Å². The average molecular weight is 583 g/mol. The van der Waals surface area contributed by atoms with Gasteiger partial charge in [-0.3, -0.25) is 20.3 Å². The van der Waals surface area contributed by atoms with E-state index in [4.69, 9.17) is 36.0 Å². The maximum Gasteiger partial charge on any atom is 0.242 e. The quantitative estimate of drug-likeness (QED) is 0.179. The molecule has 3 aromatic rings. The van der Waals surface area contributed by atoms with Crippen LogP contribution < -0.4 is 34.9 Å². The van der Waals surface area contributed by atoms with Crippen molar-refractivity contribution in [2.45, 2.75) is 25.3 Å². The molecular formula is C30H35ClN4O6. The Bertz CT molecular complexity index is 1370. The van der Waals surface area contributed by atoms with E-state index in [9.17, 15) is 9.59 Å². The molecule has 0 aromatic heterocycles. The molecule has 0 radical (unpaired) electrons. The SMILES string of the molecule is COc1ccc(CCNC(=O)[C@@H](Cc2ccccc2Cl)NC(=N)NC(=O)Cc2ccc(OC)c(OC)c2)cc1OC. The summed E-state index contributed by atoms with van der Waals surface area (Å²) in [5.74, 6) is 1.19. The molecule has 2 amide bonds. The summed E-state index contributed by atoms with van der Waals surface area (Å²) in [6, 6.07) is 17.0. The van der Waals surface area contributed by atoms with E-state index in [2.05, 4.69) is 16.0 Å². The van der Waals surface area contributed by atoms with E-state index in [1.54, 1.807) is 44.6 Å². The van der Waals surface area contributed by atoms with Crippen molar-refractivity contribution >= 4 is 29.4 Å². The smallest absolute Gasteiger partial charge is 0.242 e. The number of rotatable bonds is 13. The number of hydrogen-bond donors (Lipinski definition) is 4. The summed E-state index contributed by atoms with van der Waals surface area (Å²) in [6.45, 7) is 0.341. The average Bonchev–Trinajstić information content (AvgIpc) is 2.97. The number of amides is 2. The summed E-state index contributed by atoms with van der Waals surface area (Å²) in [7, 11) is 6.18. The van der Waals surface area contributed by atoms with Crippen molar-refractivity contribution in [3.8, 4) is 23.0 Å². The molecule has 0 heterocycles. The summed E-state index contributed by atoms with van der Waals surface area (Å²) in [4.78, 5) is 25.9. The normalized spacial score (nSPS) is 11.1. The molecule has 10 nitrogen and oxygen atoms in total. The van der Waals surface area contributed by atoms with E-state index < -0.39 is 11.9 Å². The highest BCUT2D eigenvalue weighted by molar-refractivity contribution is 6.31. The fourth-order valence-electron chi connectivity index (χ4n) is 4.15. The van der Waals surface area contributed by atoms with Gasteiger partial charge in [-0.15, -0.1) is 0 Å². The lowest BCUT2D eigenvalue weighted by Crippen LogP contribution is -2.52. The second kappa shape index (κ2) is 15.4. The third-order valence-electron chi connectivity index (χ3n) is 6.25. The molecule has 0 unspecified atom stereocenters. The number of hydrogen-bond acceptors (Lipinski definition) is 7. The Hall–Kier alpha value is -4.44. The fraction of sp³-hybridized carbons (Fsp3) is 0.300. The molecule has 0 bridgehead atoms. The van der Waals surface area contributed by atoms with Gasteiger partial charge in [0.2, 0.25) is 11.8 Å². The first kappa shape index (κ1) is 31.1. The second-order valence-electron chi connectivity index (χ2n) is 9.01. The van der Waals surface area contributed by atoms with Crippen LogP contribution in [0.15, 0.2) is 60.7 Å². The van der Waals surface area contributed by atoms with Gasteiger partial charge in [0.15, 0.2) is 29.0 Å². The summed E-state index contributed by atoms with van der Waals surface area (Å²) >= 11 is 6.34. The van der Waals surface area contributed by atoms with Crippen LogP contribution in [0.1, 0.15) is 16.7 Å². The van der Waals surface area contributed by atoms with Gasteiger partial charge in [0.25, 0.3) is 0 Å². The van der Waals surface area contributed by atoms with E-state index >= 15 is 0 Å². The van der Waals surface area contributed by atoms with Crippen LogP contribution in [0.2, 0.25) is 5.02 Å². The van der Waals surface area contributed by atoms with Gasteiger partial charge in [-0.2, -0.15) is 0 Å². The van der Waals surface area contributed by atoms with Crippen LogP contribution in [0.5, 0.6) is 23.0 Å². The molecule has 3 rings (SSSR count). The maximum absolute atomic E-state index is 13.2. The molecule has 0 aliphatic carbocycles. The number of benzene rings is 3. The molecule has 0 saturated heterocycles. The van der Waals surface area contributed by atoms with Gasteiger partial charge in [0.05, 0.1) is 34.9 Å². The lowest BCUT2D eigenvalue weighted by molar-refractivity contribution is -0.123. The zero-order chi connectivity index (χ0) is 29.8. The van der Waals surface area contributed by atoms with E-state index in [-0.39, 0.29) is 24.7 Å². The van der Waals surface area contributed by atoms with Gasteiger partial charge in [0.1, 0.15) is 6.04 Å². The van der Waals surface area contributed by atoms with Gasteiger partial charge in [-0.1, -0.05) is 41.9 Å². The summed E-state index contributed by atoms with van der Waals surface area (Å²) in [6.07, 6.45) is 0.747. The zero-order valence-electron chi connectivity index (χ0n) is 23.5. The molecule has 11 heteroatoms. The Morgan fingerprint density at radius 2 is 1.41 bits per heavy atom. The van der Waals surface area contributed by atoms with Gasteiger partial charge >= 0.3 is 0 Å². The van der Waals surface area contributed by atoms with Gasteiger partial charge in [-0.25, -0.2) is 0 Å². The first-order chi connectivity index (χ1) is 19.8.